The number of hydrogen-bond donors (Lipinski definition) is 0. The van der Waals surface area contributed by atoms with Gasteiger partial charge in [0.05, 0.1) is 18.3 Å². The molecule has 0 aromatic carbocycles. The number of hydrogen-bond acceptors (Lipinski definition) is 4. The van der Waals surface area contributed by atoms with E-state index in [0.29, 0.717) is 17.6 Å². The van der Waals surface area contributed by atoms with E-state index in [9.17, 15) is 0 Å². The van der Waals surface area contributed by atoms with Crippen LogP contribution in [-0.2, 0) is 16.1 Å². The Hall–Kier alpha value is -0.710. The first-order valence-electron chi connectivity index (χ1n) is 6.30. The van der Waals surface area contributed by atoms with Crippen LogP contribution in [0.15, 0.2) is 6.07 Å². The maximum Gasteiger partial charge on any atom is 0.155 e. The summed E-state index contributed by atoms with van der Waals surface area (Å²) in [4.78, 5) is 8.46. The summed E-state index contributed by atoms with van der Waals surface area (Å²) in [6, 6.07) is 1.74. The molecule has 18 heavy (non-hydrogen) atoms. The molecule has 0 radical (unpaired) electrons. The zero-order valence-electron chi connectivity index (χ0n) is 11.0. The van der Waals surface area contributed by atoms with E-state index in [-0.39, 0.29) is 18.3 Å². The molecule has 0 N–H and O–H groups in total. The van der Waals surface area contributed by atoms with Gasteiger partial charge in [0, 0.05) is 5.69 Å². The molecular formula is C13H19ClN2O2. The van der Waals surface area contributed by atoms with E-state index in [1.165, 1.54) is 0 Å². The summed E-state index contributed by atoms with van der Waals surface area (Å²) in [5.74, 6) is 0.645. The predicted octanol–water partition coefficient (Wildman–Crippen LogP) is 2.91. The maximum absolute atomic E-state index is 5.89. The van der Waals surface area contributed by atoms with Crippen molar-refractivity contribution in [2.45, 2.75) is 58.5 Å². The Morgan fingerprint density at radius 1 is 1.33 bits per heavy atom. The van der Waals surface area contributed by atoms with E-state index in [2.05, 4.69) is 23.8 Å². The van der Waals surface area contributed by atoms with Crippen molar-refractivity contribution in [1.29, 1.82) is 0 Å². The molecule has 100 valence electrons. The lowest BCUT2D eigenvalue weighted by Gasteiger charge is -2.31. The van der Waals surface area contributed by atoms with Gasteiger partial charge in [-0.1, -0.05) is 11.6 Å². The SMILES string of the molecule is Cc1cc(Cl)nc(COC2CC(C)OC(C)C2)n1. The Labute approximate surface area is 113 Å². The van der Waals surface area contributed by atoms with E-state index >= 15 is 0 Å². The Balaban J connectivity index is 1.90. The quantitative estimate of drug-likeness (QED) is 0.792. The lowest BCUT2D eigenvalue weighted by Crippen LogP contribution is -2.34. The Morgan fingerprint density at radius 2 is 2.00 bits per heavy atom. The van der Waals surface area contributed by atoms with Crippen molar-refractivity contribution in [3.63, 3.8) is 0 Å². The number of ether oxygens (including phenoxy) is 2. The molecule has 1 saturated heterocycles. The van der Waals surface area contributed by atoms with E-state index in [1.54, 1.807) is 6.07 Å². The van der Waals surface area contributed by atoms with Gasteiger partial charge in [-0.15, -0.1) is 0 Å². The van der Waals surface area contributed by atoms with Crippen molar-refractivity contribution >= 4 is 11.6 Å². The summed E-state index contributed by atoms with van der Waals surface area (Å²) in [6.07, 6.45) is 2.56. The average Bonchev–Trinajstić information content (AvgIpc) is 2.23. The van der Waals surface area contributed by atoms with Crippen LogP contribution in [0.3, 0.4) is 0 Å². The van der Waals surface area contributed by atoms with Crippen LogP contribution in [0.2, 0.25) is 5.15 Å². The van der Waals surface area contributed by atoms with Gasteiger partial charge < -0.3 is 9.47 Å². The van der Waals surface area contributed by atoms with Crippen LogP contribution in [0.5, 0.6) is 0 Å². The molecule has 2 atom stereocenters. The average molecular weight is 271 g/mol. The monoisotopic (exact) mass is 270 g/mol. The second-order valence-electron chi connectivity index (χ2n) is 4.91. The van der Waals surface area contributed by atoms with Crippen LogP contribution in [0.25, 0.3) is 0 Å². The van der Waals surface area contributed by atoms with Crippen LogP contribution < -0.4 is 0 Å². The molecule has 1 fully saturated rings. The largest absolute Gasteiger partial charge is 0.375 e. The summed E-state index contributed by atoms with van der Waals surface area (Å²) in [7, 11) is 0. The molecule has 4 nitrogen and oxygen atoms in total. The molecule has 0 aliphatic carbocycles. The lowest BCUT2D eigenvalue weighted by molar-refractivity contribution is -0.107. The first kappa shape index (κ1) is 13.7. The topological polar surface area (TPSA) is 44.2 Å². The first-order valence-corrected chi connectivity index (χ1v) is 6.68. The molecule has 1 aliphatic heterocycles. The van der Waals surface area contributed by atoms with Gasteiger partial charge in [0.2, 0.25) is 0 Å². The molecule has 0 amide bonds. The normalized spacial score (nSPS) is 28.3. The molecule has 1 aromatic rings. The summed E-state index contributed by atoms with van der Waals surface area (Å²) in [5, 5.41) is 0.467. The van der Waals surface area contributed by atoms with Gasteiger partial charge in [0.15, 0.2) is 5.82 Å². The fraction of sp³-hybridized carbons (Fsp3) is 0.692. The Morgan fingerprint density at radius 3 is 2.61 bits per heavy atom. The molecule has 1 aliphatic rings. The number of nitrogens with zero attached hydrogens (tertiary/aromatic N) is 2. The molecule has 5 heteroatoms. The highest BCUT2D eigenvalue weighted by Gasteiger charge is 2.25. The first-order chi connectivity index (χ1) is 8.52. The highest BCUT2D eigenvalue weighted by molar-refractivity contribution is 6.29. The minimum Gasteiger partial charge on any atom is -0.375 e. The smallest absolute Gasteiger partial charge is 0.155 e. The molecule has 0 bridgehead atoms. The van der Waals surface area contributed by atoms with Crippen molar-refractivity contribution in [3.8, 4) is 0 Å². The number of halogens is 1. The Kier molecular flexibility index (Phi) is 4.54. The summed E-state index contributed by atoms with van der Waals surface area (Å²) < 4.78 is 11.5. The molecule has 1 aromatic heterocycles. The molecule has 0 saturated carbocycles. The zero-order valence-corrected chi connectivity index (χ0v) is 11.8. The summed E-state index contributed by atoms with van der Waals surface area (Å²) in [6.45, 7) is 6.46. The van der Waals surface area contributed by atoms with Gasteiger partial charge in [-0.2, -0.15) is 0 Å². The van der Waals surface area contributed by atoms with Gasteiger partial charge in [-0.05, 0) is 39.7 Å². The van der Waals surface area contributed by atoms with Crippen LogP contribution in [0, 0.1) is 6.92 Å². The highest BCUT2D eigenvalue weighted by atomic mass is 35.5. The van der Waals surface area contributed by atoms with Gasteiger partial charge in [0.1, 0.15) is 11.8 Å². The number of aryl methyl sites for hydroxylation is 1. The van der Waals surface area contributed by atoms with Gasteiger partial charge >= 0.3 is 0 Å². The van der Waals surface area contributed by atoms with Gasteiger partial charge in [-0.25, -0.2) is 9.97 Å². The third-order valence-electron chi connectivity index (χ3n) is 2.97. The van der Waals surface area contributed by atoms with Crippen molar-refractivity contribution in [2.24, 2.45) is 0 Å². The fourth-order valence-electron chi connectivity index (χ4n) is 2.33. The van der Waals surface area contributed by atoms with Crippen molar-refractivity contribution in [1.82, 2.24) is 9.97 Å². The third kappa shape index (κ3) is 3.90. The molecule has 0 spiro atoms. The second kappa shape index (κ2) is 5.95. The van der Waals surface area contributed by atoms with Crippen molar-refractivity contribution in [2.75, 3.05) is 0 Å². The van der Waals surface area contributed by atoms with Crippen LogP contribution in [0.1, 0.15) is 38.2 Å². The number of rotatable bonds is 3. The van der Waals surface area contributed by atoms with E-state index in [1.807, 2.05) is 6.92 Å². The van der Waals surface area contributed by atoms with Crippen LogP contribution >= 0.6 is 11.6 Å². The molecular weight excluding hydrogens is 252 g/mol. The summed E-state index contributed by atoms with van der Waals surface area (Å²) in [5.41, 5.74) is 0.863. The highest BCUT2D eigenvalue weighted by Crippen LogP contribution is 2.22. The minimum absolute atomic E-state index is 0.214. The van der Waals surface area contributed by atoms with E-state index in [4.69, 9.17) is 21.1 Å². The van der Waals surface area contributed by atoms with E-state index < -0.39 is 0 Å². The zero-order chi connectivity index (χ0) is 13.1. The number of aromatic nitrogens is 2. The Bertz CT molecular complexity index is 384. The van der Waals surface area contributed by atoms with Crippen molar-refractivity contribution < 1.29 is 9.47 Å². The molecule has 2 rings (SSSR count). The lowest BCUT2D eigenvalue weighted by atomic mass is 10.0. The fourth-order valence-corrected chi connectivity index (χ4v) is 2.58. The van der Waals surface area contributed by atoms with Crippen LogP contribution in [0.4, 0.5) is 0 Å². The van der Waals surface area contributed by atoms with Crippen LogP contribution in [-0.4, -0.2) is 28.3 Å². The van der Waals surface area contributed by atoms with Gasteiger partial charge in [-0.3, -0.25) is 0 Å². The molecule has 2 unspecified atom stereocenters. The third-order valence-corrected chi connectivity index (χ3v) is 3.17. The van der Waals surface area contributed by atoms with Gasteiger partial charge in [0.25, 0.3) is 0 Å². The predicted molar refractivity (Wildman–Crippen MR) is 69.6 cm³/mol. The van der Waals surface area contributed by atoms with Crippen molar-refractivity contribution in [3.05, 3.63) is 22.7 Å². The second-order valence-corrected chi connectivity index (χ2v) is 5.30. The van der Waals surface area contributed by atoms with E-state index in [0.717, 1.165) is 18.5 Å². The molecule has 2 heterocycles. The minimum atomic E-state index is 0.214. The maximum atomic E-state index is 5.89. The summed E-state index contributed by atoms with van der Waals surface area (Å²) >= 11 is 5.89. The standard InChI is InChI=1S/C13H19ClN2O2/c1-8-4-12(14)16-13(15-8)7-17-11-5-9(2)18-10(3)6-11/h4,9-11H,5-7H2,1-3H3.